The number of aromatic nitrogens is 5. The van der Waals surface area contributed by atoms with Gasteiger partial charge in [0.1, 0.15) is 11.3 Å². The van der Waals surface area contributed by atoms with E-state index in [-0.39, 0.29) is 11.3 Å². The SMILES string of the molecule is Cc1ccc(=N)n(C(=N)Cc2ccc3ncc(-n4cccn4)cc3c2)n1. The van der Waals surface area contributed by atoms with E-state index in [9.17, 15) is 0 Å². The standard InChI is InChI=1S/C19H17N7/c1-13-3-6-18(20)26(24-13)19(21)10-14-4-5-17-15(9-14)11-16(12-22-17)25-8-2-7-23-25/h2-9,11-12,20-21H,10H2,1H3. The van der Waals surface area contributed by atoms with Crippen LogP contribution in [0.3, 0.4) is 0 Å². The second kappa shape index (κ2) is 6.36. The Bertz CT molecular complexity index is 1160. The average molecular weight is 343 g/mol. The summed E-state index contributed by atoms with van der Waals surface area (Å²) in [6, 6.07) is 13.2. The summed E-state index contributed by atoms with van der Waals surface area (Å²) in [4.78, 5) is 4.48. The van der Waals surface area contributed by atoms with Crippen molar-refractivity contribution in [3.63, 3.8) is 0 Å². The summed E-state index contributed by atoms with van der Waals surface area (Å²) in [6.07, 6.45) is 5.77. The van der Waals surface area contributed by atoms with Crippen LogP contribution in [0.5, 0.6) is 0 Å². The van der Waals surface area contributed by atoms with Crippen LogP contribution in [-0.2, 0) is 6.42 Å². The predicted octanol–water partition coefficient (Wildman–Crippen LogP) is 2.47. The topological polar surface area (TPSA) is 96.2 Å². The first-order chi connectivity index (χ1) is 12.6. The fraction of sp³-hybridized carbons (Fsp3) is 0.105. The van der Waals surface area contributed by atoms with Gasteiger partial charge < -0.3 is 0 Å². The highest BCUT2D eigenvalue weighted by Crippen LogP contribution is 2.18. The van der Waals surface area contributed by atoms with Gasteiger partial charge in [0.2, 0.25) is 0 Å². The highest BCUT2D eigenvalue weighted by Gasteiger charge is 2.07. The second-order valence-corrected chi connectivity index (χ2v) is 6.07. The van der Waals surface area contributed by atoms with E-state index in [2.05, 4.69) is 15.2 Å². The van der Waals surface area contributed by atoms with Crippen LogP contribution in [0.4, 0.5) is 0 Å². The van der Waals surface area contributed by atoms with E-state index >= 15 is 0 Å². The number of pyridine rings is 1. The molecule has 0 unspecified atom stereocenters. The van der Waals surface area contributed by atoms with E-state index in [0.717, 1.165) is 27.8 Å². The van der Waals surface area contributed by atoms with Crippen molar-refractivity contribution in [2.24, 2.45) is 0 Å². The van der Waals surface area contributed by atoms with Gasteiger partial charge in [0.05, 0.1) is 23.1 Å². The average Bonchev–Trinajstić information content (AvgIpc) is 3.18. The van der Waals surface area contributed by atoms with Crippen molar-refractivity contribution in [2.75, 3.05) is 0 Å². The van der Waals surface area contributed by atoms with Crippen molar-refractivity contribution in [1.29, 1.82) is 10.8 Å². The summed E-state index contributed by atoms with van der Waals surface area (Å²) in [5.74, 6) is 0.259. The van der Waals surface area contributed by atoms with E-state index < -0.39 is 0 Å². The summed E-state index contributed by atoms with van der Waals surface area (Å²) in [6.45, 7) is 1.85. The van der Waals surface area contributed by atoms with Gasteiger partial charge >= 0.3 is 0 Å². The maximum absolute atomic E-state index is 8.32. The van der Waals surface area contributed by atoms with Crippen LogP contribution >= 0.6 is 0 Å². The van der Waals surface area contributed by atoms with Crippen molar-refractivity contribution < 1.29 is 0 Å². The molecule has 1 aromatic carbocycles. The molecule has 0 radical (unpaired) electrons. The molecule has 7 heteroatoms. The Morgan fingerprint density at radius 2 is 2.04 bits per heavy atom. The zero-order valence-corrected chi connectivity index (χ0v) is 14.2. The smallest absolute Gasteiger partial charge is 0.148 e. The van der Waals surface area contributed by atoms with Crippen molar-refractivity contribution in [3.8, 4) is 5.69 Å². The minimum absolute atomic E-state index is 0.198. The van der Waals surface area contributed by atoms with E-state index in [1.807, 2.05) is 43.5 Å². The van der Waals surface area contributed by atoms with Crippen LogP contribution in [0.15, 0.2) is 61.1 Å². The van der Waals surface area contributed by atoms with Gasteiger partial charge in [-0.1, -0.05) is 6.07 Å². The van der Waals surface area contributed by atoms with Gasteiger partial charge in [-0.05, 0) is 48.9 Å². The molecule has 0 aliphatic carbocycles. The highest BCUT2D eigenvalue weighted by atomic mass is 15.3. The van der Waals surface area contributed by atoms with Gasteiger partial charge in [0.15, 0.2) is 0 Å². The van der Waals surface area contributed by atoms with Gasteiger partial charge in [-0.15, -0.1) is 0 Å². The van der Waals surface area contributed by atoms with E-state index in [0.29, 0.717) is 6.42 Å². The Hall–Kier alpha value is -3.61. The summed E-state index contributed by atoms with van der Waals surface area (Å²) >= 11 is 0. The predicted molar refractivity (Wildman–Crippen MR) is 98.5 cm³/mol. The Morgan fingerprint density at radius 3 is 2.85 bits per heavy atom. The fourth-order valence-electron chi connectivity index (χ4n) is 2.82. The van der Waals surface area contributed by atoms with Crippen molar-refractivity contribution in [2.45, 2.75) is 13.3 Å². The van der Waals surface area contributed by atoms with Gasteiger partial charge in [0.25, 0.3) is 0 Å². The van der Waals surface area contributed by atoms with Crippen LogP contribution in [0.25, 0.3) is 16.6 Å². The molecule has 0 amide bonds. The Balaban J connectivity index is 1.67. The van der Waals surface area contributed by atoms with Crippen molar-refractivity contribution in [3.05, 3.63) is 77.8 Å². The maximum Gasteiger partial charge on any atom is 0.148 e. The van der Waals surface area contributed by atoms with E-state index in [1.165, 1.54) is 4.68 Å². The van der Waals surface area contributed by atoms with Crippen LogP contribution < -0.4 is 5.49 Å². The third-order valence-corrected chi connectivity index (χ3v) is 4.10. The number of nitrogens with one attached hydrogen (secondary N) is 2. The molecule has 2 N–H and O–H groups in total. The second-order valence-electron chi connectivity index (χ2n) is 6.07. The minimum atomic E-state index is 0.198. The lowest BCUT2D eigenvalue weighted by atomic mass is 10.1. The summed E-state index contributed by atoms with van der Waals surface area (Å²) in [5.41, 5.74) is 3.72. The van der Waals surface area contributed by atoms with Crippen molar-refractivity contribution in [1.82, 2.24) is 24.5 Å². The summed E-state index contributed by atoms with van der Waals surface area (Å²) in [5, 5.41) is 25.7. The number of nitrogens with zero attached hydrogens (tertiary/aromatic N) is 5. The number of aryl methyl sites for hydroxylation is 1. The minimum Gasteiger partial charge on any atom is -0.286 e. The first kappa shape index (κ1) is 15.9. The third kappa shape index (κ3) is 3.02. The van der Waals surface area contributed by atoms with Gasteiger partial charge in [0, 0.05) is 24.2 Å². The first-order valence-electron chi connectivity index (χ1n) is 8.18. The lowest BCUT2D eigenvalue weighted by Gasteiger charge is -2.09. The van der Waals surface area contributed by atoms with Gasteiger partial charge in [-0.2, -0.15) is 10.2 Å². The Labute approximate surface area is 149 Å². The lowest BCUT2D eigenvalue weighted by molar-refractivity contribution is 0.776. The van der Waals surface area contributed by atoms with Gasteiger partial charge in [-0.3, -0.25) is 15.8 Å². The zero-order valence-electron chi connectivity index (χ0n) is 14.2. The lowest BCUT2D eigenvalue weighted by Crippen LogP contribution is -2.30. The molecular weight excluding hydrogens is 326 g/mol. The molecule has 3 aromatic heterocycles. The number of hydrogen-bond acceptors (Lipinski definition) is 5. The Morgan fingerprint density at radius 1 is 1.15 bits per heavy atom. The van der Waals surface area contributed by atoms with Crippen LogP contribution in [-0.4, -0.2) is 30.4 Å². The number of rotatable bonds is 3. The summed E-state index contributed by atoms with van der Waals surface area (Å²) in [7, 11) is 0. The fourth-order valence-corrected chi connectivity index (χ4v) is 2.82. The van der Waals surface area contributed by atoms with Crippen LogP contribution in [0.2, 0.25) is 0 Å². The van der Waals surface area contributed by atoms with Crippen LogP contribution in [0.1, 0.15) is 11.3 Å². The molecule has 0 aliphatic heterocycles. The largest absolute Gasteiger partial charge is 0.286 e. The maximum atomic E-state index is 8.32. The molecular formula is C19H17N7. The van der Waals surface area contributed by atoms with Crippen molar-refractivity contribution >= 4 is 16.7 Å². The molecule has 26 heavy (non-hydrogen) atoms. The zero-order chi connectivity index (χ0) is 18.1. The molecule has 3 heterocycles. The van der Waals surface area contributed by atoms with Crippen LogP contribution in [0, 0.1) is 17.7 Å². The number of hydrogen-bond donors (Lipinski definition) is 2. The third-order valence-electron chi connectivity index (χ3n) is 4.10. The first-order valence-corrected chi connectivity index (χ1v) is 8.18. The highest BCUT2D eigenvalue weighted by molar-refractivity contribution is 5.86. The molecule has 0 bridgehead atoms. The molecule has 128 valence electrons. The molecule has 0 saturated carbocycles. The van der Waals surface area contributed by atoms with Gasteiger partial charge in [-0.25, -0.2) is 9.36 Å². The molecule has 7 nitrogen and oxygen atoms in total. The molecule has 4 rings (SSSR count). The molecule has 0 aliphatic rings. The molecule has 0 fully saturated rings. The van der Waals surface area contributed by atoms with E-state index in [4.69, 9.17) is 10.8 Å². The molecule has 4 aromatic rings. The molecule has 0 saturated heterocycles. The number of benzene rings is 1. The summed E-state index contributed by atoms with van der Waals surface area (Å²) < 4.78 is 3.12. The molecule has 0 atom stereocenters. The quantitative estimate of drug-likeness (QED) is 0.442. The molecule has 0 spiro atoms. The van der Waals surface area contributed by atoms with E-state index in [1.54, 1.807) is 29.2 Å². The normalized spacial score (nSPS) is 11.0. The number of fused-ring (bicyclic) bond motifs is 1. The monoisotopic (exact) mass is 343 g/mol. The Kier molecular flexibility index (Phi) is 3.89.